The second-order valence-electron chi connectivity index (χ2n) is 0.903. The Morgan fingerprint density at radius 1 is 1.57 bits per heavy atom. The van der Waals surface area contributed by atoms with Crippen LogP contribution in [-0.2, 0) is 0 Å². The van der Waals surface area contributed by atoms with Crippen molar-refractivity contribution in [1.29, 1.82) is 0 Å². The highest BCUT2D eigenvalue weighted by Gasteiger charge is 2.24. The molecular formula is C3H2Cl3F. The third-order valence-corrected chi connectivity index (χ3v) is 1.22. The van der Waals surface area contributed by atoms with Crippen LogP contribution in [0.3, 0.4) is 0 Å². The lowest BCUT2D eigenvalue weighted by atomic mass is 10.7. The van der Waals surface area contributed by atoms with E-state index in [1.54, 1.807) is 0 Å². The van der Waals surface area contributed by atoms with E-state index >= 15 is 0 Å². The maximum Gasteiger partial charge on any atom is 0.293 e. The van der Waals surface area contributed by atoms with E-state index < -0.39 is 9.62 Å². The van der Waals surface area contributed by atoms with Gasteiger partial charge in [-0.1, -0.05) is 41.4 Å². The fraction of sp³-hybridized carbons (Fsp3) is 0.333. The second-order valence-corrected chi connectivity index (χ2v) is 2.59. The van der Waals surface area contributed by atoms with Gasteiger partial charge in [0.25, 0.3) is 4.59 Å². The van der Waals surface area contributed by atoms with Crippen LogP contribution in [0.15, 0.2) is 11.6 Å². The molecule has 0 atom stereocenters. The van der Waals surface area contributed by atoms with Gasteiger partial charge in [-0.3, -0.25) is 0 Å². The molecule has 4 heteroatoms. The Kier molecular flexibility index (Phi) is 2.38. The summed E-state index contributed by atoms with van der Waals surface area (Å²) in [6.07, 6.45) is 0. The van der Waals surface area contributed by atoms with Gasteiger partial charge < -0.3 is 0 Å². The summed E-state index contributed by atoms with van der Waals surface area (Å²) in [6, 6.07) is 0. The summed E-state index contributed by atoms with van der Waals surface area (Å²) in [7, 11) is 0. The van der Waals surface area contributed by atoms with E-state index in [0.717, 1.165) is 0 Å². The van der Waals surface area contributed by atoms with E-state index in [0.29, 0.717) is 0 Å². The maximum absolute atomic E-state index is 11.8. The van der Waals surface area contributed by atoms with Gasteiger partial charge in [0.15, 0.2) is 0 Å². The predicted molar refractivity (Wildman–Crippen MR) is 30.5 cm³/mol. The molecule has 0 rings (SSSR count). The molecule has 0 saturated carbocycles. The van der Waals surface area contributed by atoms with Gasteiger partial charge in [-0.15, -0.1) is 0 Å². The van der Waals surface area contributed by atoms with Crippen molar-refractivity contribution in [3.8, 4) is 0 Å². The Hall–Kier alpha value is 0.540. The molecule has 0 saturated heterocycles. The van der Waals surface area contributed by atoms with Gasteiger partial charge in [-0.2, -0.15) is 0 Å². The van der Waals surface area contributed by atoms with Crippen molar-refractivity contribution in [2.45, 2.75) is 4.59 Å². The Labute approximate surface area is 55.9 Å². The van der Waals surface area contributed by atoms with E-state index in [-0.39, 0.29) is 0 Å². The van der Waals surface area contributed by atoms with Crippen molar-refractivity contribution >= 4 is 34.8 Å². The van der Waals surface area contributed by atoms with Gasteiger partial charge >= 0.3 is 0 Å². The minimum atomic E-state index is -2.48. The van der Waals surface area contributed by atoms with Crippen molar-refractivity contribution in [3.63, 3.8) is 0 Å². The molecule has 0 aromatic heterocycles. The molecule has 0 aliphatic rings. The fourth-order valence-electron chi connectivity index (χ4n) is 0. The normalized spacial score (nSPS) is 11.4. The van der Waals surface area contributed by atoms with Crippen LogP contribution in [0.2, 0.25) is 0 Å². The monoisotopic (exact) mass is 162 g/mol. The molecule has 0 heterocycles. The largest absolute Gasteiger partial charge is 0.293 e. The lowest BCUT2D eigenvalue weighted by molar-refractivity contribution is 0.457. The minimum Gasteiger partial charge on any atom is -0.202 e. The highest BCUT2D eigenvalue weighted by Crippen LogP contribution is 2.32. The summed E-state index contributed by atoms with van der Waals surface area (Å²) in [5.41, 5.74) is 0. The molecule has 42 valence electrons. The topological polar surface area (TPSA) is 0 Å². The van der Waals surface area contributed by atoms with Gasteiger partial charge in [0.05, 0.1) is 5.03 Å². The van der Waals surface area contributed by atoms with Gasteiger partial charge in [-0.05, 0) is 0 Å². The number of allylic oxidation sites excluding steroid dienone is 1. The maximum atomic E-state index is 11.8. The van der Waals surface area contributed by atoms with E-state index in [9.17, 15) is 4.39 Å². The molecule has 0 radical (unpaired) electrons. The van der Waals surface area contributed by atoms with Gasteiger partial charge in [0.2, 0.25) is 0 Å². The van der Waals surface area contributed by atoms with Crippen LogP contribution in [-0.4, -0.2) is 4.59 Å². The highest BCUT2D eigenvalue weighted by atomic mass is 35.5. The molecule has 0 aromatic carbocycles. The highest BCUT2D eigenvalue weighted by molar-refractivity contribution is 6.54. The van der Waals surface area contributed by atoms with E-state index in [1.165, 1.54) is 0 Å². The average Bonchev–Trinajstić information content (AvgIpc) is 1.31. The molecule has 0 spiro atoms. The second kappa shape index (κ2) is 2.21. The molecule has 0 N–H and O–H groups in total. The third kappa shape index (κ3) is 3.15. The first-order chi connectivity index (χ1) is 2.94. The minimum absolute atomic E-state index is 0.421. The standard InChI is InChI=1S/C3H2Cl3F/c1-2(4)3(5,6)7/h1H2. The summed E-state index contributed by atoms with van der Waals surface area (Å²) in [4.78, 5) is 0. The third-order valence-electron chi connectivity index (χ3n) is 0.308. The molecule has 0 fully saturated rings. The number of hydrogen-bond donors (Lipinski definition) is 0. The summed E-state index contributed by atoms with van der Waals surface area (Å²) >= 11 is 14.4. The predicted octanol–water partition coefficient (Wildman–Crippen LogP) is 2.84. The summed E-state index contributed by atoms with van der Waals surface area (Å²) < 4.78 is 9.33. The van der Waals surface area contributed by atoms with Crippen LogP contribution >= 0.6 is 34.8 Å². The van der Waals surface area contributed by atoms with E-state index in [1.807, 2.05) is 0 Å². The number of alkyl halides is 3. The number of halogens is 4. The van der Waals surface area contributed by atoms with Crippen molar-refractivity contribution in [3.05, 3.63) is 11.6 Å². The van der Waals surface area contributed by atoms with Crippen molar-refractivity contribution in [2.75, 3.05) is 0 Å². The Morgan fingerprint density at radius 3 is 1.71 bits per heavy atom. The molecule has 7 heavy (non-hydrogen) atoms. The fourth-order valence-corrected chi connectivity index (χ4v) is 0. The smallest absolute Gasteiger partial charge is 0.202 e. The SMILES string of the molecule is C=C(Cl)C(F)(Cl)Cl. The van der Waals surface area contributed by atoms with Crippen LogP contribution in [0.5, 0.6) is 0 Å². The molecule has 0 aliphatic carbocycles. The molecule has 0 bridgehead atoms. The summed E-state index contributed by atoms with van der Waals surface area (Å²) in [5.74, 6) is 0. The van der Waals surface area contributed by atoms with Crippen LogP contribution in [0.25, 0.3) is 0 Å². The van der Waals surface area contributed by atoms with Crippen molar-refractivity contribution in [1.82, 2.24) is 0 Å². The Morgan fingerprint density at radius 2 is 1.71 bits per heavy atom. The van der Waals surface area contributed by atoms with Crippen LogP contribution in [0.4, 0.5) is 4.39 Å². The van der Waals surface area contributed by atoms with Gasteiger partial charge in [-0.25, -0.2) is 4.39 Å². The first kappa shape index (κ1) is 7.54. The molecular weight excluding hydrogens is 161 g/mol. The zero-order chi connectivity index (χ0) is 6.08. The lowest BCUT2D eigenvalue weighted by Gasteiger charge is -2.02. The zero-order valence-electron chi connectivity index (χ0n) is 3.22. The molecule has 0 aliphatic heterocycles. The molecule has 0 nitrogen and oxygen atoms in total. The molecule has 0 amide bonds. The molecule has 0 unspecified atom stereocenters. The summed E-state index contributed by atoms with van der Waals surface area (Å²) in [6.45, 7) is 2.95. The quantitative estimate of drug-likeness (QED) is 0.522. The van der Waals surface area contributed by atoms with Gasteiger partial charge in [0, 0.05) is 0 Å². The number of rotatable bonds is 1. The zero-order valence-corrected chi connectivity index (χ0v) is 5.49. The van der Waals surface area contributed by atoms with Crippen molar-refractivity contribution < 1.29 is 4.39 Å². The summed E-state index contributed by atoms with van der Waals surface area (Å²) in [5, 5.41) is -0.421. The van der Waals surface area contributed by atoms with E-state index in [4.69, 9.17) is 34.8 Å². The number of hydrogen-bond acceptors (Lipinski definition) is 0. The van der Waals surface area contributed by atoms with Crippen LogP contribution in [0.1, 0.15) is 0 Å². The van der Waals surface area contributed by atoms with Crippen LogP contribution in [0, 0.1) is 0 Å². The average molecular weight is 163 g/mol. The molecule has 0 aromatic rings. The first-order valence-corrected chi connectivity index (χ1v) is 2.49. The first-order valence-electron chi connectivity index (χ1n) is 1.36. The Balaban J connectivity index is 3.79. The van der Waals surface area contributed by atoms with Crippen molar-refractivity contribution in [2.24, 2.45) is 0 Å². The van der Waals surface area contributed by atoms with Gasteiger partial charge in [0.1, 0.15) is 0 Å². The van der Waals surface area contributed by atoms with Crippen LogP contribution < -0.4 is 0 Å². The lowest BCUT2D eigenvalue weighted by Crippen LogP contribution is -2.00. The van der Waals surface area contributed by atoms with E-state index in [2.05, 4.69) is 6.58 Å². The Bertz CT molecular complexity index is 82.7.